The molecule has 0 spiro atoms. The van der Waals surface area contributed by atoms with Crippen molar-refractivity contribution in [2.24, 2.45) is 0 Å². The normalized spacial score (nSPS) is 12.1. The lowest BCUT2D eigenvalue weighted by molar-refractivity contribution is -0.139. The first kappa shape index (κ1) is 28.0. The highest BCUT2D eigenvalue weighted by molar-refractivity contribution is 5.80. The number of hydrogen-bond acceptors (Lipinski definition) is 9. The van der Waals surface area contributed by atoms with Gasteiger partial charge in [-0.15, -0.1) is 0 Å². The van der Waals surface area contributed by atoms with E-state index in [2.05, 4.69) is 30.6 Å². The summed E-state index contributed by atoms with van der Waals surface area (Å²) in [4.78, 5) is 53.2. The number of nitrogens with one attached hydrogen (secondary N) is 2. The third-order valence-corrected chi connectivity index (χ3v) is 5.50. The molecule has 4 aromatic rings. The molecule has 40 heavy (non-hydrogen) atoms. The number of carbonyl (C=O) groups excluding carboxylic acids is 2. The third-order valence-electron chi connectivity index (χ3n) is 5.50. The highest BCUT2D eigenvalue weighted by atomic mass is 16.6. The van der Waals surface area contributed by atoms with Crippen molar-refractivity contribution in [3.8, 4) is 5.82 Å². The lowest BCUT2D eigenvalue weighted by Gasteiger charge is -2.19. The quantitative estimate of drug-likeness (QED) is 0.266. The topological polar surface area (TPSA) is 175 Å². The Morgan fingerprint density at radius 2 is 1.80 bits per heavy atom. The van der Waals surface area contributed by atoms with Crippen molar-refractivity contribution in [3.05, 3.63) is 66.8 Å². The summed E-state index contributed by atoms with van der Waals surface area (Å²) in [5.74, 6) is -0.793. The van der Waals surface area contributed by atoms with Gasteiger partial charge in [-0.25, -0.2) is 34.3 Å². The maximum Gasteiger partial charge on any atom is 0.408 e. The molecule has 0 aliphatic heterocycles. The van der Waals surface area contributed by atoms with Crippen LogP contribution in [0.3, 0.4) is 0 Å². The van der Waals surface area contributed by atoms with E-state index in [-0.39, 0.29) is 13.0 Å². The van der Waals surface area contributed by atoms with E-state index in [1.807, 2.05) is 18.2 Å². The highest BCUT2D eigenvalue weighted by Gasteiger charge is 2.23. The zero-order chi connectivity index (χ0) is 28.7. The van der Waals surface area contributed by atoms with Crippen molar-refractivity contribution in [3.63, 3.8) is 0 Å². The minimum Gasteiger partial charge on any atom is -0.480 e. The van der Waals surface area contributed by atoms with E-state index < -0.39 is 29.8 Å². The maximum absolute atomic E-state index is 12.2. The van der Waals surface area contributed by atoms with Crippen LogP contribution in [0.25, 0.3) is 17.0 Å². The predicted octanol–water partition coefficient (Wildman–Crippen LogP) is 2.46. The number of imidazole rings is 2. The lowest BCUT2D eigenvalue weighted by Crippen LogP contribution is -2.42. The monoisotopic (exact) mass is 550 g/mol. The molecule has 2 amide bonds. The van der Waals surface area contributed by atoms with E-state index in [1.54, 1.807) is 54.6 Å². The first-order chi connectivity index (χ1) is 19.1. The van der Waals surface area contributed by atoms with Gasteiger partial charge in [-0.05, 0) is 26.3 Å². The second-order valence-electron chi connectivity index (χ2n) is 9.81. The number of carboxylic acid groups (broad SMARTS) is 1. The second-order valence-corrected chi connectivity index (χ2v) is 9.81. The van der Waals surface area contributed by atoms with Crippen molar-refractivity contribution in [2.75, 3.05) is 6.54 Å². The molecule has 14 heteroatoms. The van der Waals surface area contributed by atoms with E-state index in [4.69, 9.17) is 9.47 Å². The average molecular weight is 551 g/mol. The predicted molar refractivity (Wildman–Crippen MR) is 142 cm³/mol. The molecule has 3 heterocycles. The van der Waals surface area contributed by atoms with Crippen molar-refractivity contribution in [1.82, 2.24) is 39.7 Å². The molecule has 210 valence electrons. The zero-order valence-corrected chi connectivity index (χ0v) is 22.3. The van der Waals surface area contributed by atoms with Crippen LogP contribution in [0.5, 0.6) is 0 Å². The van der Waals surface area contributed by atoms with E-state index >= 15 is 0 Å². The molecule has 0 fully saturated rings. The third kappa shape index (κ3) is 7.52. The summed E-state index contributed by atoms with van der Waals surface area (Å²) in [7, 11) is 0. The molecule has 0 radical (unpaired) electrons. The van der Waals surface area contributed by atoms with Crippen molar-refractivity contribution in [1.29, 1.82) is 0 Å². The van der Waals surface area contributed by atoms with Gasteiger partial charge >= 0.3 is 18.2 Å². The minimum absolute atomic E-state index is 0.0149. The summed E-state index contributed by atoms with van der Waals surface area (Å²) in [6.45, 7) is 6.07. The van der Waals surface area contributed by atoms with Gasteiger partial charge in [0, 0.05) is 25.7 Å². The van der Waals surface area contributed by atoms with Crippen LogP contribution in [-0.4, -0.2) is 70.5 Å². The molecule has 3 N–H and O–H groups in total. The SMILES string of the molecule is CC(C)(C)OC(=O)NCCn1cnc2c(-n3cnc(C[C@H](NC(=O)OCc4ccccc4)C(=O)O)c3)ncnc21. The number of nitrogens with zero attached hydrogens (tertiary/aromatic N) is 6. The summed E-state index contributed by atoms with van der Waals surface area (Å²) < 4.78 is 13.7. The summed E-state index contributed by atoms with van der Waals surface area (Å²) in [5, 5.41) is 14.7. The standard InChI is InChI=1S/C26H30N8O6/c1-26(2,3)40-24(37)27-9-10-33-16-31-20-21(33)28-14-29-22(20)34-12-18(30-15-34)11-19(23(35)36)32-25(38)39-13-17-7-5-4-6-8-17/h4-8,12,14-16,19H,9-11,13H2,1-3H3,(H,27,37)(H,32,38)(H,35,36)/t19-/m0/s1. The highest BCUT2D eigenvalue weighted by Crippen LogP contribution is 2.18. The van der Waals surface area contributed by atoms with Crippen LogP contribution in [0.2, 0.25) is 0 Å². The van der Waals surface area contributed by atoms with Gasteiger partial charge in [-0.2, -0.15) is 0 Å². The van der Waals surface area contributed by atoms with Gasteiger partial charge in [0.15, 0.2) is 17.0 Å². The molecule has 0 bridgehead atoms. The maximum atomic E-state index is 12.2. The Kier molecular flexibility index (Phi) is 8.57. The molecule has 1 atom stereocenters. The number of benzene rings is 1. The molecule has 0 saturated heterocycles. The van der Waals surface area contributed by atoms with Gasteiger partial charge in [0.1, 0.15) is 30.9 Å². The molecular weight excluding hydrogens is 520 g/mol. The Morgan fingerprint density at radius 3 is 2.52 bits per heavy atom. The molecule has 1 aromatic carbocycles. The van der Waals surface area contributed by atoms with Crippen LogP contribution < -0.4 is 10.6 Å². The number of rotatable bonds is 10. The molecule has 0 saturated carbocycles. The number of ether oxygens (including phenoxy) is 2. The van der Waals surface area contributed by atoms with Crippen LogP contribution >= 0.6 is 0 Å². The van der Waals surface area contributed by atoms with Crippen LogP contribution in [0, 0.1) is 0 Å². The van der Waals surface area contributed by atoms with Crippen LogP contribution in [0.15, 0.2) is 55.5 Å². The molecule has 0 aliphatic carbocycles. The number of carbonyl (C=O) groups is 3. The van der Waals surface area contributed by atoms with E-state index in [1.165, 1.54) is 12.7 Å². The number of aliphatic carboxylic acids is 1. The Morgan fingerprint density at radius 1 is 1.02 bits per heavy atom. The van der Waals surface area contributed by atoms with Gasteiger partial charge in [0.25, 0.3) is 0 Å². The van der Waals surface area contributed by atoms with E-state index in [9.17, 15) is 19.5 Å². The van der Waals surface area contributed by atoms with Gasteiger partial charge < -0.3 is 29.8 Å². The Labute approximate surface area is 229 Å². The largest absolute Gasteiger partial charge is 0.480 e. The lowest BCUT2D eigenvalue weighted by atomic mass is 10.2. The smallest absolute Gasteiger partial charge is 0.408 e. The van der Waals surface area contributed by atoms with Gasteiger partial charge in [-0.1, -0.05) is 30.3 Å². The minimum atomic E-state index is -1.26. The van der Waals surface area contributed by atoms with Crippen molar-refractivity contribution >= 4 is 29.3 Å². The summed E-state index contributed by atoms with van der Waals surface area (Å²) in [5.41, 5.74) is 1.62. The van der Waals surface area contributed by atoms with Gasteiger partial charge in [0.05, 0.1) is 12.0 Å². The molecule has 3 aromatic heterocycles. The summed E-state index contributed by atoms with van der Waals surface area (Å²) in [6.07, 6.45) is 4.60. The van der Waals surface area contributed by atoms with Crippen molar-refractivity contribution < 1.29 is 29.0 Å². The van der Waals surface area contributed by atoms with Crippen molar-refractivity contribution in [2.45, 2.75) is 52.0 Å². The Balaban J connectivity index is 1.39. The number of amides is 2. The zero-order valence-electron chi connectivity index (χ0n) is 22.3. The van der Waals surface area contributed by atoms with E-state index in [0.717, 1.165) is 5.56 Å². The number of alkyl carbamates (subject to hydrolysis) is 2. The number of fused-ring (bicyclic) bond motifs is 1. The Hall–Kier alpha value is -5.01. The second kappa shape index (κ2) is 12.2. The Bertz CT molecular complexity index is 1480. The number of aromatic nitrogens is 6. The fourth-order valence-electron chi connectivity index (χ4n) is 3.71. The van der Waals surface area contributed by atoms with Gasteiger partial charge in [-0.3, -0.25) is 4.57 Å². The summed E-state index contributed by atoms with van der Waals surface area (Å²) >= 11 is 0. The molecule has 0 aliphatic rings. The fraction of sp³-hybridized carbons (Fsp3) is 0.346. The molecule has 0 unspecified atom stereocenters. The molecule has 14 nitrogen and oxygen atoms in total. The van der Waals surface area contributed by atoms with Crippen LogP contribution in [-0.2, 0) is 33.8 Å². The molecule has 4 rings (SSSR count). The van der Waals surface area contributed by atoms with Crippen LogP contribution in [0.4, 0.5) is 9.59 Å². The first-order valence-corrected chi connectivity index (χ1v) is 12.4. The fourth-order valence-corrected chi connectivity index (χ4v) is 3.71. The first-order valence-electron chi connectivity index (χ1n) is 12.4. The average Bonchev–Trinajstić information content (AvgIpc) is 3.54. The number of hydrogen-bond donors (Lipinski definition) is 3. The summed E-state index contributed by atoms with van der Waals surface area (Å²) in [6, 6.07) is 7.80. The number of carboxylic acids is 1. The van der Waals surface area contributed by atoms with E-state index in [0.29, 0.717) is 35.8 Å². The van der Waals surface area contributed by atoms with Crippen LogP contribution in [0.1, 0.15) is 32.0 Å². The molecular formula is C26H30N8O6. The van der Waals surface area contributed by atoms with Gasteiger partial charge in [0.2, 0.25) is 0 Å².